The highest BCUT2D eigenvalue weighted by Gasteiger charge is 2.11. The molecule has 1 N–H and O–H groups in total. The third kappa shape index (κ3) is 5.64. The van der Waals surface area contributed by atoms with E-state index >= 15 is 0 Å². The van der Waals surface area contributed by atoms with Crippen LogP contribution in [0.15, 0.2) is 0 Å². The van der Waals surface area contributed by atoms with Gasteiger partial charge in [-0.05, 0) is 20.3 Å². The Morgan fingerprint density at radius 1 is 1.31 bits per heavy atom. The summed E-state index contributed by atoms with van der Waals surface area (Å²) in [4.78, 5) is 12.9. The van der Waals surface area contributed by atoms with Gasteiger partial charge in [0.25, 0.3) is 0 Å². The van der Waals surface area contributed by atoms with E-state index in [9.17, 15) is 4.79 Å². The molecule has 3 nitrogen and oxygen atoms in total. The first-order valence-electron chi connectivity index (χ1n) is 4.93. The molecule has 0 radical (unpaired) electrons. The van der Waals surface area contributed by atoms with E-state index in [0.717, 1.165) is 6.42 Å². The van der Waals surface area contributed by atoms with Crippen molar-refractivity contribution >= 4 is 5.91 Å². The molecular formula is C10H22N2O. The van der Waals surface area contributed by atoms with Crippen LogP contribution in [0.2, 0.25) is 0 Å². The van der Waals surface area contributed by atoms with Crippen molar-refractivity contribution in [2.24, 2.45) is 0 Å². The van der Waals surface area contributed by atoms with Crippen molar-refractivity contribution in [3.8, 4) is 0 Å². The van der Waals surface area contributed by atoms with Crippen molar-refractivity contribution in [1.29, 1.82) is 0 Å². The molecule has 0 fully saturated rings. The van der Waals surface area contributed by atoms with Crippen LogP contribution in [0.4, 0.5) is 0 Å². The lowest BCUT2D eigenvalue weighted by molar-refractivity contribution is -0.129. The fourth-order valence-corrected chi connectivity index (χ4v) is 1.11. The number of carbonyl (C=O) groups is 1. The van der Waals surface area contributed by atoms with E-state index in [2.05, 4.69) is 19.2 Å². The highest BCUT2D eigenvalue weighted by atomic mass is 16.2. The standard InChI is InChI=1S/C10H22N2O/c1-6-8(2)11-9(3)7-10(13)12(4)5/h8-9,11H,6-7H2,1-5H3/t8?,9-/m1/s1. The molecule has 0 bridgehead atoms. The Hall–Kier alpha value is -0.570. The van der Waals surface area contributed by atoms with Crippen molar-refractivity contribution in [1.82, 2.24) is 10.2 Å². The van der Waals surface area contributed by atoms with E-state index < -0.39 is 0 Å². The Bertz CT molecular complexity index is 157. The van der Waals surface area contributed by atoms with Crippen LogP contribution in [-0.2, 0) is 4.79 Å². The second kappa shape index (κ2) is 5.97. The van der Waals surface area contributed by atoms with Crippen molar-refractivity contribution in [2.45, 2.75) is 45.7 Å². The maximum absolute atomic E-state index is 11.3. The van der Waals surface area contributed by atoms with Crippen molar-refractivity contribution in [2.75, 3.05) is 14.1 Å². The minimum atomic E-state index is 0.184. The first kappa shape index (κ1) is 12.4. The Morgan fingerprint density at radius 2 is 1.85 bits per heavy atom. The zero-order chi connectivity index (χ0) is 10.4. The fourth-order valence-electron chi connectivity index (χ4n) is 1.11. The Labute approximate surface area is 81.5 Å². The van der Waals surface area contributed by atoms with Gasteiger partial charge < -0.3 is 10.2 Å². The third-order valence-electron chi connectivity index (χ3n) is 2.16. The smallest absolute Gasteiger partial charge is 0.223 e. The highest BCUT2D eigenvalue weighted by Crippen LogP contribution is 1.98. The van der Waals surface area contributed by atoms with E-state index in [4.69, 9.17) is 0 Å². The summed E-state index contributed by atoms with van der Waals surface area (Å²) < 4.78 is 0. The first-order valence-corrected chi connectivity index (χ1v) is 4.93. The van der Waals surface area contributed by atoms with E-state index in [-0.39, 0.29) is 11.9 Å². The zero-order valence-electron chi connectivity index (χ0n) is 9.42. The van der Waals surface area contributed by atoms with Gasteiger partial charge in [0.05, 0.1) is 0 Å². The summed E-state index contributed by atoms with van der Waals surface area (Å²) in [6.07, 6.45) is 1.68. The molecule has 1 amide bonds. The van der Waals surface area contributed by atoms with Gasteiger partial charge in [-0.1, -0.05) is 6.92 Å². The molecule has 0 aromatic heterocycles. The molecule has 0 saturated heterocycles. The molecule has 0 aliphatic rings. The van der Waals surface area contributed by atoms with E-state index in [1.807, 2.05) is 6.92 Å². The number of rotatable bonds is 5. The molecule has 0 aromatic carbocycles. The average Bonchev–Trinajstić information content (AvgIpc) is 2.03. The molecule has 3 heteroatoms. The maximum Gasteiger partial charge on any atom is 0.223 e. The molecule has 0 saturated carbocycles. The summed E-state index contributed by atoms with van der Waals surface area (Å²) in [6.45, 7) is 6.32. The van der Waals surface area contributed by atoms with E-state index in [0.29, 0.717) is 12.5 Å². The van der Waals surface area contributed by atoms with Gasteiger partial charge in [0.1, 0.15) is 0 Å². The van der Waals surface area contributed by atoms with Crippen LogP contribution in [0.1, 0.15) is 33.6 Å². The predicted octanol–water partition coefficient (Wildman–Crippen LogP) is 1.24. The molecule has 13 heavy (non-hydrogen) atoms. The lowest BCUT2D eigenvalue weighted by Gasteiger charge is -2.20. The Balaban J connectivity index is 3.74. The summed E-state index contributed by atoms with van der Waals surface area (Å²) in [5, 5.41) is 3.37. The third-order valence-corrected chi connectivity index (χ3v) is 2.16. The summed E-state index contributed by atoms with van der Waals surface area (Å²) in [6, 6.07) is 0.759. The van der Waals surface area contributed by atoms with Crippen LogP contribution in [0.5, 0.6) is 0 Å². The minimum Gasteiger partial charge on any atom is -0.349 e. The molecule has 1 unspecified atom stereocenters. The van der Waals surface area contributed by atoms with Crippen LogP contribution in [0, 0.1) is 0 Å². The molecule has 0 aliphatic heterocycles. The summed E-state index contributed by atoms with van der Waals surface area (Å²) in [5.41, 5.74) is 0. The number of amides is 1. The van der Waals surface area contributed by atoms with Gasteiger partial charge >= 0.3 is 0 Å². The molecule has 0 heterocycles. The first-order chi connectivity index (χ1) is 5.97. The van der Waals surface area contributed by atoms with Gasteiger partial charge in [-0.2, -0.15) is 0 Å². The summed E-state index contributed by atoms with van der Waals surface area (Å²) >= 11 is 0. The maximum atomic E-state index is 11.3. The molecular weight excluding hydrogens is 164 g/mol. The molecule has 78 valence electrons. The number of nitrogens with zero attached hydrogens (tertiary/aromatic N) is 1. The Kier molecular flexibility index (Phi) is 5.71. The Morgan fingerprint density at radius 3 is 2.23 bits per heavy atom. The largest absolute Gasteiger partial charge is 0.349 e. The zero-order valence-corrected chi connectivity index (χ0v) is 9.42. The summed E-state index contributed by atoms with van der Waals surface area (Å²) in [5.74, 6) is 0.184. The number of hydrogen-bond donors (Lipinski definition) is 1. The van der Waals surface area contributed by atoms with Crippen LogP contribution in [0.3, 0.4) is 0 Å². The van der Waals surface area contributed by atoms with E-state index in [1.165, 1.54) is 0 Å². The SMILES string of the molecule is CCC(C)N[C@H](C)CC(=O)N(C)C. The molecule has 2 atom stereocenters. The second-order valence-electron chi connectivity index (χ2n) is 3.87. The van der Waals surface area contributed by atoms with Crippen LogP contribution in [0.25, 0.3) is 0 Å². The fraction of sp³-hybridized carbons (Fsp3) is 0.900. The van der Waals surface area contributed by atoms with Crippen molar-refractivity contribution < 1.29 is 4.79 Å². The highest BCUT2D eigenvalue weighted by molar-refractivity contribution is 5.76. The van der Waals surface area contributed by atoms with Crippen molar-refractivity contribution in [3.63, 3.8) is 0 Å². The second-order valence-corrected chi connectivity index (χ2v) is 3.87. The summed E-state index contributed by atoms with van der Waals surface area (Å²) in [7, 11) is 3.58. The molecule has 0 spiro atoms. The van der Waals surface area contributed by atoms with Gasteiger partial charge in [-0.25, -0.2) is 0 Å². The van der Waals surface area contributed by atoms with Gasteiger partial charge in [0.2, 0.25) is 5.91 Å². The quantitative estimate of drug-likeness (QED) is 0.700. The topological polar surface area (TPSA) is 32.3 Å². The molecule has 0 rings (SSSR count). The van der Waals surface area contributed by atoms with Crippen LogP contribution in [-0.4, -0.2) is 37.0 Å². The van der Waals surface area contributed by atoms with E-state index in [1.54, 1.807) is 19.0 Å². The molecule has 0 aliphatic carbocycles. The normalized spacial score (nSPS) is 15.2. The lowest BCUT2D eigenvalue weighted by atomic mass is 10.1. The van der Waals surface area contributed by atoms with Gasteiger partial charge in [-0.3, -0.25) is 4.79 Å². The van der Waals surface area contributed by atoms with Gasteiger partial charge in [0, 0.05) is 32.6 Å². The van der Waals surface area contributed by atoms with Crippen LogP contribution >= 0.6 is 0 Å². The number of nitrogens with one attached hydrogen (secondary N) is 1. The van der Waals surface area contributed by atoms with Crippen molar-refractivity contribution in [3.05, 3.63) is 0 Å². The minimum absolute atomic E-state index is 0.184. The predicted molar refractivity (Wildman–Crippen MR) is 55.7 cm³/mol. The molecule has 0 aromatic rings. The van der Waals surface area contributed by atoms with Crippen LogP contribution < -0.4 is 5.32 Å². The average molecular weight is 186 g/mol. The monoisotopic (exact) mass is 186 g/mol. The van der Waals surface area contributed by atoms with Gasteiger partial charge in [0.15, 0.2) is 0 Å². The number of hydrogen-bond acceptors (Lipinski definition) is 2. The number of carbonyl (C=O) groups excluding carboxylic acids is 1. The lowest BCUT2D eigenvalue weighted by Crippen LogP contribution is -2.37. The van der Waals surface area contributed by atoms with Gasteiger partial charge in [-0.15, -0.1) is 0 Å².